The molecule has 0 radical (unpaired) electrons. The van der Waals surface area contributed by atoms with Gasteiger partial charge in [0.1, 0.15) is 0 Å². The molecule has 0 heteroatoms. The zero-order chi connectivity index (χ0) is 8.55. The lowest BCUT2D eigenvalue weighted by Gasteiger charge is -2.42. The van der Waals surface area contributed by atoms with Gasteiger partial charge in [0.15, 0.2) is 0 Å². The fourth-order valence-corrected chi connectivity index (χ4v) is 3.70. The van der Waals surface area contributed by atoms with E-state index in [1.807, 2.05) is 0 Å². The normalized spacial score (nSPS) is 48.5. The molecule has 2 aliphatic carbocycles. The van der Waals surface area contributed by atoms with Gasteiger partial charge in [0.05, 0.1) is 0 Å². The predicted octanol–water partition coefficient (Wildman–Crippen LogP) is 3.86. The van der Waals surface area contributed by atoms with E-state index in [2.05, 4.69) is 13.8 Å². The number of hydrogen-bond donors (Lipinski definition) is 0. The number of hydrogen-bond acceptors (Lipinski definition) is 0. The Bertz CT molecular complexity index is 150. The summed E-state index contributed by atoms with van der Waals surface area (Å²) in [6, 6.07) is 0. The van der Waals surface area contributed by atoms with Crippen LogP contribution in [0.1, 0.15) is 52.4 Å². The molecular weight excluding hydrogens is 144 g/mol. The van der Waals surface area contributed by atoms with Gasteiger partial charge in [0.25, 0.3) is 0 Å². The third-order valence-corrected chi connectivity index (χ3v) is 4.18. The van der Waals surface area contributed by atoms with Crippen LogP contribution in [0.5, 0.6) is 0 Å². The highest BCUT2D eigenvalue weighted by molar-refractivity contribution is 4.85. The number of fused-ring (bicyclic) bond motifs is 1. The summed E-state index contributed by atoms with van der Waals surface area (Å²) in [5.41, 5.74) is 0. The highest BCUT2D eigenvalue weighted by atomic mass is 14.4. The predicted molar refractivity (Wildman–Crippen MR) is 53.0 cm³/mol. The fourth-order valence-electron chi connectivity index (χ4n) is 3.70. The van der Waals surface area contributed by atoms with Crippen molar-refractivity contribution in [2.75, 3.05) is 0 Å². The van der Waals surface area contributed by atoms with Crippen LogP contribution in [0.2, 0.25) is 0 Å². The van der Waals surface area contributed by atoms with Crippen LogP contribution in [0.4, 0.5) is 0 Å². The van der Waals surface area contributed by atoms with E-state index >= 15 is 0 Å². The molecule has 0 N–H and O–H groups in total. The largest absolute Gasteiger partial charge is 0.0625 e. The van der Waals surface area contributed by atoms with Gasteiger partial charge in [-0.1, -0.05) is 33.1 Å². The van der Waals surface area contributed by atoms with Gasteiger partial charge in [-0.15, -0.1) is 0 Å². The molecule has 0 saturated heterocycles. The first kappa shape index (κ1) is 8.59. The van der Waals surface area contributed by atoms with E-state index in [9.17, 15) is 0 Å². The molecule has 2 rings (SSSR count). The van der Waals surface area contributed by atoms with Gasteiger partial charge in [-0.3, -0.25) is 0 Å². The Kier molecular flexibility index (Phi) is 2.43. The fraction of sp³-hybridized carbons (Fsp3) is 1.00. The summed E-state index contributed by atoms with van der Waals surface area (Å²) in [5.74, 6) is 4.26. The molecule has 70 valence electrons. The van der Waals surface area contributed by atoms with Crippen molar-refractivity contribution in [3.05, 3.63) is 0 Å². The molecule has 0 aromatic heterocycles. The van der Waals surface area contributed by atoms with Gasteiger partial charge >= 0.3 is 0 Å². The van der Waals surface area contributed by atoms with Crippen LogP contribution in [0.15, 0.2) is 0 Å². The molecule has 0 aromatic rings. The molecular formula is C12H22. The maximum atomic E-state index is 2.48. The first-order valence-electron chi connectivity index (χ1n) is 5.77. The summed E-state index contributed by atoms with van der Waals surface area (Å²) in [4.78, 5) is 0. The van der Waals surface area contributed by atoms with Crippen LogP contribution >= 0.6 is 0 Å². The van der Waals surface area contributed by atoms with Gasteiger partial charge in [0.2, 0.25) is 0 Å². The van der Waals surface area contributed by atoms with E-state index in [1.54, 1.807) is 12.8 Å². The molecule has 12 heavy (non-hydrogen) atoms. The van der Waals surface area contributed by atoms with Crippen LogP contribution in [0.3, 0.4) is 0 Å². The summed E-state index contributed by atoms with van der Waals surface area (Å²) in [6.07, 6.45) is 9.15. The maximum absolute atomic E-state index is 2.48. The molecule has 0 heterocycles. The van der Waals surface area contributed by atoms with Crippen LogP contribution in [-0.2, 0) is 0 Å². The second kappa shape index (κ2) is 3.40. The zero-order valence-corrected chi connectivity index (χ0v) is 8.55. The molecule has 0 nitrogen and oxygen atoms in total. The molecule has 0 unspecified atom stereocenters. The summed E-state index contributed by atoms with van der Waals surface area (Å²) in [7, 11) is 0. The second-order valence-corrected chi connectivity index (χ2v) is 5.26. The average Bonchev–Trinajstić information content (AvgIpc) is 2.04. The van der Waals surface area contributed by atoms with Crippen molar-refractivity contribution in [2.24, 2.45) is 23.7 Å². The summed E-state index contributed by atoms with van der Waals surface area (Å²) in [5, 5.41) is 0. The van der Waals surface area contributed by atoms with Crippen molar-refractivity contribution in [2.45, 2.75) is 52.4 Å². The summed E-state index contributed by atoms with van der Waals surface area (Å²) < 4.78 is 0. The van der Waals surface area contributed by atoms with Crippen molar-refractivity contribution in [3.63, 3.8) is 0 Å². The van der Waals surface area contributed by atoms with Crippen LogP contribution in [-0.4, -0.2) is 0 Å². The average molecular weight is 166 g/mol. The van der Waals surface area contributed by atoms with Crippen LogP contribution in [0, 0.1) is 23.7 Å². The Morgan fingerprint density at radius 2 is 1.67 bits per heavy atom. The Morgan fingerprint density at radius 3 is 2.50 bits per heavy atom. The molecule has 0 bridgehead atoms. The Hall–Kier alpha value is 0. The van der Waals surface area contributed by atoms with Crippen molar-refractivity contribution < 1.29 is 0 Å². The minimum Gasteiger partial charge on any atom is -0.0625 e. The standard InChI is InChI=1S/C12H22/c1-9-7-10(2)12-6-4-3-5-11(12)8-9/h9-12H,3-8H2,1-2H3/t9-,10+,11+,12-/m1/s1. The molecule has 2 aliphatic rings. The minimum atomic E-state index is 1.01. The molecule has 0 aliphatic heterocycles. The Morgan fingerprint density at radius 1 is 0.917 bits per heavy atom. The topological polar surface area (TPSA) is 0 Å². The van der Waals surface area contributed by atoms with E-state index in [0.717, 1.165) is 23.7 Å². The Labute approximate surface area is 76.7 Å². The van der Waals surface area contributed by atoms with Crippen LogP contribution < -0.4 is 0 Å². The van der Waals surface area contributed by atoms with Crippen molar-refractivity contribution >= 4 is 0 Å². The van der Waals surface area contributed by atoms with E-state index in [4.69, 9.17) is 0 Å². The molecule has 2 fully saturated rings. The van der Waals surface area contributed by atoms with E-state index in [-0.39, 0.29) is 0 Å². The highest BCUT2D eigenvalue weighted by Gasteiger charge is 2.34. The first-order chi connectivity index (χ1) is 5.77. The third kappa shape index (κ3) is 1.53. The SMILES string of the molecule is C[C@H]1C[C@@H]2CCCC[C@@H]2[C@@H](C)C1. The lowest BCUT2D eigenvalue weighted by molar-refractivity contribution is 0.0827. The van der Waals surface area contributed by atoms with E-state index in [0.29, 0.717) is 0 Å². The minimum absolute atomic E-state index is 1.01. The lowest BCUT2D eigenvalue weighted by Crippen LogP contribution is -2.32. The van der Waals surface area contributed by atoms with Gasteiger partial charge < -0.3 is 0 Å². The Balaban J connectivity index is 2.01. The van der Waals surface area contributed by atoms with Gasteiger partial charge in [-0.2, -0.15) is 0 Å². The van der Waals surface area contributed by atoms with Crippen LogP contribution in [0.25, 0.3) is 0 Å². The van der Waals surface area contributed by atoms with Gasteiger partial charge in [-0.25, -0.2) is 0 Å². The van der Waals surface area contributed by atoms with Gasteiger partial charge in [-0.05, 0) is 42.9 Å². The second-order valence-electron chi connectivity index (χ2n) is 5.26. The van der Waals surface area contributed by atoms with Crippen molar-refractivity contribution in [1.29, 1.82) is 0 Å². The monoisotopic (exact) mass is 166 g/mol. The first-order valence-corrected chi connectivity index (χ1v) is 5.77. The molecule has 2 saturated carbocycles. The summed E-state index contributed by atoms with van der Waals surface area (Å²) >= 11 is 0. The molecule has 0 amide bonds. The van der Waals surface area contributed by atoms with E-state index < -0.39 is 0 Å². The smallest absolute Gasteiger partial charge is 0.0360 e. The molecule has 4 atom stereocenters. The van der Waals surface area contributed by atoms with E-state index in [1.165, 1.54) is 25.7 Å². The van der Waals surface area contributed by atoms with Gasteiger partial charge in [0, 0.05) is 0 Å². The zero-order valence-electron chi connectivity index (χ0n) is 8.55. The quantitative estimate of drug-likeness (QED) is 0.512. The third-order valence-electron chi connectivity index (χ3n) is 4.18. The maximum Gasteiger partial charge on any atom is -0.0360 e. The highest BCUT2D eigenvalue weighted by Crippen LogP contribution is 2.45. The lowest BCUT2D eigenvalue weighted by atomic mass is 9.63. The van der Waals surface area contributed by atoms with Crippen molar-refractivity contribution in [3.8, 4) is 0 Å². The molecule has 0 spiro atoms. The summed E-state index contributed by atoms with van der Waals surface area (Å²) in [6.45, 7) is 4.93. The van der Waals surface area contributed by atoms with Crippen molar-refractivity contribution in [1.82, 2.24) is 0 Å². The number of rotatable bonds is 0. The molecule has 0 aromatic carbocycles.